The molecule has 1 atom stereocenters. The SMILES string of the molecule is Cc1cc(C)cc(C(N)c2c(F)cc(Br)cc2F)c1. The van der Waals surface area contributed by atoms with Crippen LogP contribution < -0.4 is 5.73 Å². The molecule has 2 N–H and O–H groups in total. The lowest BCUT2D eigenvalue weighted by atomic mass is 9.95. The molecule has 0 spiro atoms. The van der Waals surface area contributed by atoms with Crippen molar-refractivity contribution in [1.29, 1.82) is 0 Å². The lowest BCUT2D eigenvalue weighted by molar-refractivity contribution is 0.542. The highest BCUT2D eigenvalue weighted by molar-refractivity contribution is 9.10. The summed E-state index contributed by atoms with van der Waals surface area (Å²) >= 11 is 3.05. The highest BCUT2D eigenvalue weighted by atomic mass is 79.9. The zero-order valence-corrected chi connectivity index (χ0v) is 12.3. The van der Waals surface area contributed by atoms with E-state index in [-0.39, 0.29) is 5.56 Å². The molecule has 0 heterocycles. The fraction of sp³-hybridized carbons (Fsp3) is 0.200. The van der Waals surface area contributed by atoms with E-state index in [4.69, 9.17) is 5.73 Å². The van der Waals surface area contributed by atoms with Crippen LogP contribution in [0.15, 0.2) is 34.8 Å². The molecule has 0 aliphatic rings. The Kier molecular flexibility index (Phi) is 4.02. The smallest absolute Gasteiger partial charge is 0.132 e. The summed E-state index contributed by atoms with van der Waals surface area (Å²) in [4.78, 5) is 0. The molecular formula is C15H14BrF2N. The van der Waals surface area contributed by atoms with E-state index >= 15 is 0 Å². The van der Waals surface area contributed by atoms with E-state index < -0.39 is 17.7 Å². The maximum Gasteiger partial charge on any atom is 0.132 e. The van der Waals surface area contributed by atoms with Gasteiger partial charge in [0.2, 0.25) is 0 Å². The molecule has 0 aliphatic heterocycles. The van der Waals surface area contributed by atoms with E-state index in [9.17, 15) is 8.78 Å². The Morgan fingerprint density at radius 2 is 1.42 bits per heavy atom. The number of halogens is 3. The van der Waals surface area contributed by atoms with Crippen LogP contribution in [-0.2, 0) is 0 Å². The van der Waals surface area contributed by atoms with Crippen molar-refractivity contribution < 1.29 is 8.78 Å². The normalized spacial score (nSPS) is 12.5. The van der Waals surface area contributed by atoms with Crippen LogP contribution in [0.1, 0.15) is 28.3 Å². The topological polar surface area (TPSA) is 26.0 Å². The minimum absolute atomic E-state index is 0.104. The van der Waals surface area contributed by atoms with E-state index in [1.807, 2.05) is 32.0 Å². The summed E-state index contributed by atoms with van der Waals surface area (Å²) in [5.74, 6) is -1.28. The van der Waals surface area contributed by atoms with Crippen molar-refractivity contribution in [2.45, 2.75) is 19.9 Å². The third-order valence-electron chi connectivity index (χ3n) is 2.96. The summed E-state index contributed by atoms with van der Waals surface area (Å²) in [7, 11) is 0. The molecule has 0 bridgehead atoms. The van der Waals surface area contributed by atoms with Gasteiger partial charge >= 0.3 is 0 Å². The Morgan fingerprint density at radius 1 is 0.947 bits per heavy atom. The zero-order valence-electron chi connectivity index (χ0n) is 10.7. The molecule has 0 fully saturated rings. The predicted molar refractivity (Wildman–Crippen MR) is 76.0 cm³/mol. The number of aryl methyl sites for hydroxylation is 2. The van der Waals surface area contributed by atoms with Gasteiger partial charge in [0.25, 0.3) is 0 Å². The molecule has 100 valence electrons. The van der Waals surface area contributed by atoms with Crippen LogP contribution in [0.2, 0.25) is 0 Å². The number of hydrogen-bond acceptors (Lipinski definition) is 1. The second kappa shape index (κ2) is 5.39. The largest absolute Gasteiger partial charge is 0.320 e. The third-order valence-corrected chi connectivity index (χ3v) is 3.42. The molecule has 1 unspecified atom stereocenters. The quantitative estimate of drug-likeness (QED) is 0.870. The van der Waals surface area contributed by atoms with Gasteiger partial charge in [0, 0.05) is 10.0 Å². The van der Waals surface area contributed by atoms with Crippen LogP contribution in [0.4, 0.5) is 8.78 Å². The van der Waals surface area contributed by atoms with Gasteiger partial charge in [-0.05, 0) is 31.5 Å². The van der Waals surface area contributed by atoms with Gasteiger partial charge in [-0.2, -0.15) is 0 Å². The van der Waals surface area contributed by atoms with Crippen molar-refractivity contribution in [1.82, 2.24) is 0 Å². The standard InChI is InChI=1S/C15H14BrF2N/c1-8-3-9(2)5-10(4-8)15(19)14-12(17)6-11(16)7-13(14)18/h3-7,15H,19H2,1-2H3. The molecule has 2 aromatic rings. The lowest BCUT2D eigenvalue weighted by Crippen LogP contribution is -2.16. The van der Waals surface area contributed by atoms with Crippen molar-refractivity contribution in [2.75, 3.05) is 0 Å². The van der Waals surface area contributed by atoms with Crippen molar-refractivity contribution in [3.05, 3.63) is 68.7 Å². The van der Waals surface area contributed by atoms with Gasteiger partial charge in [-0.1, -0.05) is 45.3 Å². The maximum atomic E-state index is 13.9. The highest BCUT2D eigenvalue weighted by Gasteiger charge is 2.19. The van der Waals surface area contributed by atoms with Crippen LogP contribution in [0, 0.1) is 25.5 Å². The first-order valence-corrected chi connectivity index (χ1v) is 6.66. The number of hydrogen-bond donors (Lipinski definition) is 1. The van der Waals surface area contributed by atoms with Crippen LogP contribution in [0.5, 0.6) is 0 Å². The molecular weight excluding hydrogens is 312 g/mol. The van der Waals surface area contributed by atoms with Crippen molar-refractivity contribution in [3.8, 4) is 0 Å². The Labute approximate surface area is 119 Å². The van der Waals surface area contributed by atoms with Crippen molar-refractivity contribution in [3.63, 3.8) is 0 Å². The van der Waals surface area contributed by atoms with Gasteiger partial charge in [0.15, 0.2) is 0 Å². The molecule has 19 heavy (non-hydrogen) atoms. The van der Waals surface area contributed by atoms with Crippen LogP contribution in [0.25, 0.3) is 0 Å². The van der Waals surface area contributed by atoms with Crippen LogP contribution in [-0.4, -0.2) is 0 Å². The average Bonchev–Trinajstić information content (AvgIpc) is 2.25. The van der Waals surface area contributed by atoms with E-state index in [0.29, 0.717) is 10.0 Å². The third kappa shape index (κ3) is 3.01. The Hall–Kier alpha value is -1.26. The van der Waals surface area contributed by atoms with E-state index in [1.165, 1.54) is 12.1 Å². The Balaban J connectivity index is 2.52. The Morgan fingerprint density at radius 3 is 1.89 bits per heavy atom. The van der Waals surface area contributed by atoms with Gasteiger partial charge in [-0.3, -0.25) is 0 Å². The van der Waals surface area contributed by atoms with Crippen LogP contribution in [0.3, 0.4) is 0 Å². The molecule has 2 rings (SSSR count). The lowest BCUT2D eigenvalue weighted by Gasteiger charge is -2.16. The molecule has 0 aliphatic carbocycles. The second-order valence-corrected chi connectivity index (χ2v) is 5.60. The monoisotopic (exact) mass is 325 g/mol. The summed E-state index contributed by atoms with van der Waals surface area (Å²) < 4.78 is 28.2. The van der Waals surface area contributed by atoms with Crippen molar-refractivity contribution in [2.24, 2.45) is 5.73 Å². The predicted octanol–water partition coefficient (Wildman–Crippen LogP) is 4.39. The summed E-state index contributed by atoms with van der Waals surface area (Å²) in [6, 6.07) is 7.32. The minimum atomic E-state index is -0.813. The number of nitrogens with two attached hydrogens (primary N) is 1. The molecule has 0 amide bonds. The Bertz CT molecular complexity index is 582. The van der Waals surface area contributed by atoms with E-state index in [2.05, 4.69) is 15.9 Å². The number of rotatable bonds is 2. The number of benzene rings is 2. The van der Waals surface area contributed by atoms with E-state index in [0.717, 1.165) is 11.1 Å². The van der Waals surface area contributed by atoms with Gasteiger partial charge in [-0.15, -0.1) is 0 Å². The molecule has 0 radical (unpaired) electrons. The molecule has 4 heteroatoms. The minimum Gasteiger partial charge on any atom is -0.320 e. The molecule has 0 saturated carbocycles. The van der Waals surface area contributed by atoms with Crippen LogP contribution >= 0.6 is 15.9 Å². The van der Waals surface area contributed by atoms with Crippen molar-refractivity contribution >= 4 is 15.9 Å². The molecule has 0 aromatic heterocycles. The second-order valence-electron chi connectivity index (χ2n) is 4.68. The first-order valence-electron chi connectivity index (χ1n) is 5.86. The first kappa shape index (κ1) is 14.2. The molecule has 1 nitrogen and oxygen atoms in total. The maximum absolute atomic E-state index is 13.9. The zero-order chi connectivity index (χ0) is 14.2. The van der Waals surface area contributed by atoms with E-state index in [1.54, 1.807) is 0 Å². The average molecular weight is 326 g/mol. The molecule has 0 saturated heterocycles. The summed E-state index contributed by atoms with van der Waals surface area (Å²) in [6.45, 7) is 3.86. The van der Waals surface area contributed by atoms with Gasteiger partial charge < -0.3 is 5.73 Å². The highest BCUT2D eigenvalue weighted by Crippen LogP contribution is 2.28. The fourth-order valence-corrected chi connectivity index (χ4v) is 2.61. The van der Waals surface area contributed by atoms with Gasteiger partial charge in [-0.25, -0.2) is 8.78 Å². The summed E-state index contributed by atoms with van der Waals surface area (Å²) in [5.41, 5.74) is 8.65. The fourth-order valence-electron chi connectivity index (χ4n) is 2.21. The summed E-state index contributed by atoms with van der Waals surface area (Å²) in [6.07, 6.45) is 0. The van der Waals surface area contributed by atoms with Gasteiger partial charge in [0.1, 0.15) is 11.6 Å². The molecule has 2 aromatic carbocycles. The summed E-state index contributed by atoms with van der Waals surface area (Å²) in [5, 5.41) is 0. The first-order chi connectivity index (χ1) is 8.88. The van der Waals surface area contributed by atoms with Gasteiger partial charge in [0.05, 0.1) is 6.04 Å².